The number of piperidine rings is 1. The van der Waals surface area contributed by atoms with Gasteiger partial charge in [-0.3, -0.25) is 4.79 Å². The van der Waals surface area contributed by atoms with E-state index in [0.717, 1.165) is 36.5 Å². The van der Waals surface area contributed by atoms with Crippen LogP contribution < -0.4 is 5.73 Å². The molecule has 20 heavy (non-hydrogen) atoms. The molecule has 1 aliphatic heterocycles. The van der Waals surface area contributed by atoms with Gasteiger partial charge in [-0.05, 0) is 24.3 Å². The van der Waals surface area contributed by atoms with Crippen molar-refractivity contribution in [3.63, 3.8) is 0 Å². The number of likely N-dealkylation sites (tertiary alicyclic amines) is 1. The lowest BCUT2D eigenvalue weighted by Gasteiger charge is -2.31. The minimum atomic E-state index is 0.213. The Balaban J connectivity index is 1.54. The van der Waals surface area contributed by atoms with Gasteiger partial charge in [-0.2, -0.15) is 0 Å². The fourth-order valence-electron chi connectivity index (χ4n) is 2.59. The summed E-state index contributed by atoms with van der Waals surface area (Å²) in [6, 6.07) is 5.77. The fourth-order valence-corrected chi connectivity index (χ4v) is 3.29. The first-order chi connectivity index (χ1) is 9.72. The van der Waals surface area contributed by atoms with Crippen LogP contribution in [0.3, 0.4) is 0 Å². The largest absolute Gasteiger partial charge is 0.368 e. The van der Waals surface area contributed by atoms with Gasteiger partial charge in [-0.15, -0.1) is 11.3 Å². The second-order valence-electron chi connectivity index (χ2n) is 5.07. The van der Waals surface area contributed by atoms with Gasteiger partial charge in [0.2, 0.25) is 11.8 Å². The van der Waals surface area contributed by atoms with E-state index < -0.39 is 0 Å². The number of anilines is 1. The van der Waals surface area contributed by atoms with Crippen LogP contribution in [0.1, 0.15) is 29.3 Å². The molecule has 1 amide bonds. The zero-order valence-electron chi connectivity index (χ0n) is 11.1. The summed E-state index contributed by atoms with van der Waals surface area (Å²) in [5, 5.41) is 5.97. The molecule has 5 nitrogen and oxygen atoms in total. The number of hydrogen-bond donors (Lipinski definition) is 1. The SMILES string of the molecule is Nc1cc(C2CCN(C(=O)Cc3cccs3)CC2)no1. The minimum absolute atomic E-state index is 0.213. The molecular weight excluding hydrogens is 274 g/mol. The normalized spacial score (nSPS) is 16.5. The molecule has 0 radical (unpaired) electrons. The summed E-state index contributed by atoms with van der Waals surface area (Å²) < 4.78 is 4.91. The van der Waals surface area contributed by atoms with Crippen molar-refractivity contribution in [3.05, 3.63) is 34.2 Å². The molecule has 1 saturated heterocycles. The van der Waals surface area contributed by atoms with Crippen molar-refractivity contribution in [2.24, 2.45) is 0 Å². The van der Waals surface area contributed by atoms with E-state index in [1.807, 2.05) is 22.4 Å². The van der Waals surface area contributed by atoms with Crippen LogP contribution in [0.25, 0.3) is 0 Å². The van der Waals surface area contributed by atoms with Crippen molar-refractivity contribution in [1.82, 2.24) is 10.1 Å². The highest BCUT2D eigenvalue weighted by atomic mass is 32.1. The molecule has 0 spiro atoms. The maximum absolute atomic E-state index is 12.2. The van der Waals surface area contributed by atoms with Gasteiger partial charge in [0.1, 0.15) is 0 Å². The van der Waals surface area contributed by atoms with Crippen molar-refractivity contribution in [3.8, 4) is 0 Å². The van der Waals surface area contributed by atoms with Crippen LogP contribution in [0.2, 0.25) is 0 Å². The molecule has 6 heteroatoms. The van der Waals surface area contributed by atoms with Gasteiger partial charge in [0.15, 0.2) is 0 Å². The minimum Gasteiger partial charge on any atom is -0.368 e. The number of nitrogens with zero attached hydrogens (tertiary/aromatic N) is 2. The van der Waals surface area contributed by atoms with Crippen LogP contribution in [0.15, 0.2) is 28.1 Å². The molecular formula is C14H17N3O2S. The number of carbonyl (C=O) groups excluding carboxylic acids is 1. The van der Waals surface area contributed by atoms with Gasteiger partial charge < -0.3 is 15.2 Å². The number of nitrogens with two attached hydrogens (primary N) is 1. The van der Waals surface area contributed by atoms with Crippen molar-refractivity contribution in [2.75, 3.05) is 18.8 Å². The zero-order valence-corrected chi connectivity index (χ0v) is 11.9. The van der Waals surface area contributed by atoms with E-state index >= 15 is 0 Å². The predicted molar refractivity (Wildman–Crippen MR) is 77.5 cm³/mol. The smallest absolute Gasteiger partial charge is 0.227 e. The molecule has 0 aromatic carbocycles. The third kappa shape index (κ3) is 2.85. The van der Waals surface area contributed by atoms with Gasteiger partial charge in [-0.25, -0.2) is 0 Å². The molecule has 0 bridgehead atoms. The number of amides is 1. The molecule has 0 aliphatic carbocycles. The lowest BCUT2D eigenvalue weighted by atomic mass is 9.93. The molecule has 2 aromatic rings. The monoisotopic (exact) mass is 291 g/mol. The third-order valence-electron chi connectivity index (χ3n) is 3.72. The Morgan fingerprint density at radius 2 is 2.30 bits per heavy atom. The number of carbonyl (C=O) groups is 1. The lowest BCUT2D eigenvalue weighted by Crippen LogP contribution is -2.38. The van der Waals surface area contributed by atoms with Crippen molar-refractivity contribution in [2.45, 2.75) is 25.2 Å². The van der Waals surface area contributed by atoms with Crippen molar-refractivity contribution in [1.29, 1.82) is 0 Å². The van der Waals surface area contributed by atoms with Gasteiger partial charge in [0, 0.05) is 30.0 Å². The Bertz CT molecular complexity index is 571. The Morgan fingerprint density at radius 3 is 2.90 bits per heavy atom. The van der Waals surface area contributed by atoms with Gasteiger partial charge >= 0.3 is 0 Å². The molecule has 0 unspecified atom stereocenters. The van der Waals surface area contributed by atoms with E-state index in [0.29, 0.717) is 18.2 Å². The summed E-state index contributed by atoms with van der Waals surface area (Å²) >= 11 is 1.63. The van der Waals surface area contributed by atoms with Crippen molar-refractivity contribution < 1.29 is 9.32 Å². The van der Waals surface area contributed by atoms with Crippen LogP contribution in [0.4, 0.5) is 5.88 Å². The van der Waals surface area contributed by atoms with Gasteiger partial charge in [-0.1, -0.05) is 11.2 Å². The molecule has 3 rings (SSSR count). The maximum atomic E-state index is 12.2. The summed E-state index contributed by atoms with van der Waals surface area (Å²) in [5.74, 6) is 0.920. The number of nitrogen functional groups attached to an aromatic ring is 1. The van der Waals surface area contributed by atoms with E-state index in [9.17, 15) is 4.79 Å². The Kier molecular flexibility index (Phi) is 3.73. The average molecular weight is 291 g/mol. The molecule has 0 saturated carbocycles. The first kappa shape index (κ1) is 13.2. The maximum Gasteiger partial charge on any atom is 0.227 e. The second-order valence-corrected chi connectivity index (χ2v) is 6.10. The van der Waals surface area contributed by atoms with Crippen LogP contribution in [-0.2, 0) is 11.2 Å². The number of hydrogen-bond acceptors (Lipinski definition) is 5. The first-order valence-corrected chi connectivity index (χ1v) is 7.62. The van der Waals surface area contributed by atoms with E-state index in [2.05, 4.69) is 5.16 Å². The molecule has 0 atom stereocenters. The predicted octanol–water partition coefficient (Wildman–Crippen LogP) is 2.27. The average Bonchev–Trinajstić information content (AvgIpc) is 3.10. The number of aromatic nitrogens is 1. The highest BCUT2D eigenvalue weighted by molar-refractivity contribution is 7.10. The van der Waals surface area contributed by atoms with Crippen LogP contribution in [-0.4, -0.2) is 29.1 Å². The molecule has 2 aromatic heterocycles. The van der Waals surface area contributed by atoms with E-state index in [4.69, 9.17) is 10.3 Å². The standard InChI is InChI=1S/C14H17N3O2S/c15-13-9-12(16-19-13)10-3-5-17(6-4-10)14(18)8-11-2-1-7-20-11/h1-2,7,9-10H,3-6,8,15H2. The van der Waals surface area contributed by atoms with E-state index in [-0.39, 0.29) is 5.91 Å². The summed E-state index contributed by atoms with van der Waals surface area (Å²) in [4.78, 5) is 15.3. The summed E-state index contributed by atoms with van der Waals surface area (Å²) in [7, 11) is 0. The highest BCUT2D eigenvalue weighted by Crippen LogP contribution is 2.28. The molecule has 3 heterocycles. The third-order valence-corrected chi connectivity index (χ3v) is 4.59. The summed E-state index contributed by atoms with van der Waals surface area (Å²) in [5.41, 5.74) is 6.45. The molecule has 1 aliphatic rings. The van der Waals surface area contributed by atoms with Crippen molar-refractivity contribution >= 4 is 23.1 Å². The summed E-state index contributed by atoms with van der Waals surface area (Å²) in [6.45, 7) is 1.56. The van der Waals surface area contributed by atoms with Crippen LogP contribution in [0, 0.1) is 0 Å². The first-order valence-electron chi connectivity index (χ1n) is 6.74. The molecule has 2 N–H and O–H groups in total. The zero-order chi connectivity index (χ0) is 13.9. The number of rotatable bonds is 3. The molecule has 1 fully saturated rings. The Labute approximate surface area is 121 Å². The van der Waals surface area contributed by atoms with E-state index in [1.165, 1.54) is 0 Å². The van der Waals surface area contributed by atoms with Gasteiger partial charge in [0.25, 0.3) is 0 Å². The molecule has 106 valence electrons. The summed E-state index contributed by atoms with van der Waals surface area (Å²) in [6.07, 6.45) is 2.35. The Hall–Kier alpha value is -1.82. The number of thiophene rings is 1. The Morgan fingerprint density at radius 1 is 1.50 bits per heavy atom. The highest BCUT2D eigenvalue weighted by Gasteiger charge is 2.25. The second kappa shape index (κ2) is 5.66. The van der Waals surface area contributed by atoms with Gasteiger partial charge in [0.05, 0.1) is 12.1 Å². The fraction of sp³-hybridized carbons (Fsp3) is 0.429. The van der Waals surface area contributed by atoms with Crippen LogP contribution in [0.5, 0.6) is 0 Å². The quantitative estimate of drug-likeness (QED) is 0.941. The topological polar surface area (TPSA) is 72.4 Å². The van der Waals surface area contributed by atoms with Crippen LogP contribution >= 0.6 is 11.3 Å². The van der Waals surface area contributed by atoms with E-state index in [1.54, 1.807) is 17.4 Å². The lowest BCUT2D eigenvalue weighted by molar-refractivity contribution is -0.131.